The van der Waals surface area contributed by atoms with Crippen LogP contribution in [0.3, 0.4) is 0 Å². The van der Waals surface area contributed by atoms with E-state index in [1.807, 2.05) is 0 Å². The van der Waals surface area contributed by atoms with E-state index in [1.165, 1.54) is 24.3 Å². The first-order valence-corrected chi connectivity index (χ1v) is 15.5. The minimum atomic E-state index is -4.43. The largest absolute Gasteiger partial charge is 0.416 e. The van der Waals surface area contributed by atoms with Gasteiger partial charge in [0.1, 0.15) is 6.61 Å². The molecule has 2 fully saturated rings. The Morgan fingerprint density at radius 3 is 2.18 bits per heavy atom. The number of sulfone groups is 1. The van der Waals surface area contributed by atoms with Crippen molar-refractivity contribution in [1.29, 1.82) is 0 Å². The quantitative estimate of drug-likeness (QED) is 0.116. The van der Waals surface area contributed by atoms with Gasteiger partial charge in [0.25, 0.3) is 5.91 Å². The summed E-state index contributed by atoms with van der Waals surface area (Å²) in [6.45, 7) is -0.0291. The summed E-state index contributed by atoms with van der Waals surface area (Å²) in [5.41, 5.74) is -0.736. The summed E-state index contributed by atoms with van der Waals surface area (Å²) < 4.78 is 106. The van der Waals surface area contributed by atoms with Crippen LogP contribution in [0.1, 0.15) is 47.2 Å². The molecule has 0 aliphatic heterocycles. The average molecular weight is 659 g/mol. The van der Waals surface area contributed by atoms with E-state index in [2.05, 4.69) is 10.5 Å². The summed E-state index contributed by atoms with van der Waals surface area (Å²) in [5, 5.41) is 5.36. The van der Waals surface area contributed by atoms with Crippen LogP contribution in [-0.2, 0) is 27.5 Å². The molecule has 2 aliphatic rings. The van der Waals surface area contributed by atoms with Gasteiger partial charge in [-0.05, 0) is 79.3 Å². The Morgan fingerprint density at radius 2 is 1.59 bits per heavy atom. The molecule has 0 radical (unpaired) electrons. The first kappa shape index (κ1) is 31.8. The summed E-state index contributed by atoms with van der Waals surface area (Å²) in [5.74, 6) is -6.07. The number of carbonyl (C=O) groups is 1. The first-order valence-electron chi connectivity index (χ1n) is 13.5. The van der Waals surface area contributed by atoms with Crippen molar-refractivity contribution in [3.63, 3.8) is 0 Å². The molecule has 3 aromatic rings. The zero-order valence-electron chi connectivity index (χ0n) is 22.8. The molecule has 44 heavy (non-hydrogen) atoms. The fourth-order valence-corrected chi connectivity index (χ4v) is 8.89. The maximum atomic E-state index is 13.9. The highest BCUT2D eigenvalue weighted by atomic mass is 35.5. The van der Waals surface area contributed by atoms with E-state index in [4.69, 9.17) is 16.4 Å². The number of amides is 1. The van der Waals surface area contributed by atoms with Crippen molar-refractivity contribution < 1.29 is 44.4 Å². The molecule has 2 aliphatic carbocycles. The van der Waals surface area contributed by atoms with Crippen LogP contribution in [-0.4, -0.2) is 25.8 Å². The van der Waals surface area contributed by atoms with Gasteiger partial charge < -0.3 is 10.2 Å². The Hall–Kier alpha value is -3.58. The zero-order chi connectivity index (χ0) is 31.8. The molecule has 2 bridgehead atoms. The second-order valence-corrected chi connectivity index (χ2v) is 13.4. The van der Waals surface area contributed by atoms with Crippen molar-refractivity contribution in [2.45, 2.75) is 48.6 Å². The molecular formula is C30H25ClF6N2O4S. The predicted octanol–water partition coefficient (Wildman–Crippen LogP) is 7.81. The molecular weight excluding hydrogens is 634 g/mol. The molecule has 0 saturated heterocycles. The molecule has 1 amide bonds. The van der Waals surface area contributed by atoms with Crippen molar-refractivity contribution in [2.75, 3.05) is 5.32 Å². The molecule has 234 valence electrons. The number of alkyl halides is 3. The number of benzene rings is 3. The number of nitrogens with one attached hydrogen (secondary N) is 1. The number of oxime groups is 1. The molecule has 14 heteroatoms. The Morgan fingerprint density at radius 1 is 0.977 bits per heavy atom. The Balaban J connectivity index is 1.24. The van der Waals surface area contributed by atoms with E-state index >= 15 is 0 Å². The lowest BCUT2D eigenvalue weighted by Gasteiger charge is -2.33. The monoisotopic (exact) mass is 658 g/mol. The molecule has 6 nitrogen and oxygen atoms in total. The minimum Gasteiger partial charge on any atom is -0.391 e. The van der Waals surface area contributed by atoms with Gasteiger partial charge in [-0.3, -0.25) is 4.79 Å². The fraction of sp³-hybridized carbons (Fsp3) is 0.333. The van der Waals surface area contributed by atoms with Crippen molar-refractivity contribution in [3.05, 3.63) is 93.8 Å². The van der Waals surface area contributed by atoms with E-state index in [-0.39, 0.29) is 45.5 Å². The van der Waals surface area contributed by atoms with Gasteiger partial charge >= 0.3 is 6.18 Å². The molecule has 0 heterocycles. The van der Waals surface area contributed by atoms with E-state index in [0.29, 0.717) is 43.4 Å². The lowest BCUT2D eigenvalue weighted by Crippen LogP contribution is -2.38. The van der Waals surface area contributed by atoms with Crippen LogP contribution < -0.4 is 5.32 Å². The lowest BCUT2D eigenvalue weighted by atomic mass is 9.81. The second-order valence-electron chi connectivity index (χ2n) is 10.9. The normalized spacial score (nSPS) is 21.9. The minimum absolute atomic E-state index is 0.0291. The van der Waals surface area contributed by atoms with E-state index in [0.717, 1.165) is 18.2 Å². The van der Waals surface area contributed by atoms with Gasteiger partial charge in [0.2, 0.25) is 0 Å². The summed E-state index contributed by atoms with van der Waals surface area (Å²) in [6, 6.07) is 9.37. The topological polar surface area (TPSA) is 84.8 Å². The number of halogens is 7. The maximum absolute atomic E-state index is 13.9. The molecule has 0 aromatic heterocycles. The van der Waals surface area contributed by atoms with Crippen molar-refractivity contribution in [3.8, 4) is 0 Å². The van der Waals surface area contributed by atoms with Crippen LogP contribution >= 0.6 is 11.6 Å². The first-order chi connectivity index (χ1) is 20.7. The highest BCUT2D eigenvalue weighted by Gasteiger charge is 2.49. The molecule has 3 aromatic carbocycles. The van der Waals surface area contributed by atoms with Crippen LogP contribution in [0.5, 0.6) is 0 Å². The van der Waals surface area contributed by atoms with Gasteiger partial charge in [0.05, 0.1) is 20.7 Å². The van der Waals surface area contributed by atoms with Gasteiger partial charge in [-0.15, -0.1) is 0 Å². The van der Waals surface area contributed by atoms with Crippen LogP contribution in [0.2, 0.25) is 5.02 Å². The SMILES string of the molecule is O=C(Nc1cc(F)c(F)c(F)c1)c1ccc(Cl)c(S(=O)(=O)C2C3CC[C@@H]2CC(/C=N/OCc2ccc(C(F)(F)F)cc2)C3)c1. The zero-order valence-corrected chi connectivity index (χ0v) is 24.3. The van der Waals surface area contributed by atoms with Crippen molar-refractivity contribution >= 4 is 39.2 Å². The predicted molar refractivity (Wildman–Crippen MR) is 150 cm³/mol. The average Bonchev–Trinajstić information content (AvgIpc) is 3.25. The van der Waals surface area contributed by atoms with Crippen LogP contribution in [0, 0.1) is 35.2 Å². The van der Waals surface area contributed by atoms with Crippen molar-refractivity contribution in [1.82, 2.24) is 0 Å². The van der Waals surface area contributed by atoms with E-state index in [1.54, 1.807) is 6.21 Å². The summed E-state index contributed by atoms with van der Waals surface area (Å²) in [7, 11) is -4.01. The lowest BCUT2D eigenvalue weighted by molar-refractivity contribution is -0.137. The number of carbonyl (C=O) groups excluding carboxylic acids is 1. The van der Waals surface area contributed by atoms with Gasteiger partial charge in [-0.25, -0.2) is 21.6 Å². The molecule has 2 saturated carbocycles. The Bertz CT molecular complexity index is 1660. The third-order valence-electron chi connectivity index (χ3n) is 8.01. The number of fused-ring (bicyclic) bond motifs is 2. The van der Waals surface area contributed by atoms with E-state index in [9.17, 15) is 39.6 Å². The van der Waals surface area contributed by atoms with Crippen LogP contribution in [0.4, 0.5) is 32.0 Å². The second kappa shape index (κ2) is 12.4. The third kappa shape index (κ3) is 6.73. The Labute approximate surface area is 254 Å². The smallest absolute Gasteiger partial charge is 0.391 e. The van der Waals surface area contributed by atoms with Gasteiger partial charge in [-0.2, -0.15) is 13.2 Å². The fourth-order valence-electron chi connectivity index (χ4n) is 6.02. The molecule has 5 rings (SSSR count). The van der Waals surface area contributed by atoms with Crippen LogP contribution in [0.25, 0.3) is 0 Å². The third-order valence-corrected chi connectivity index (χ3v) is 10.9. The number of hydrogen-bond acceptors (Lipinski definition) is 5. The number of rotatable bonds is 8. The molecule has 4 atom stereocenters. The summed E-state index contributed by atoms with van der Waals surface area (Å²) in [6.07, 6.45) is -0.506. The highest BCUT2D eigenvalue weighted by Crippen LogP contribution is 2.49. The summed E-state index contributed by atoms with van der Waals surface area (Å²) in [4.78, 5) is 17.8. The maximum Gasteiger partial charge on any atom is 0.416 e. The number of hydrogen-bond donors (Lipinski definition) is 1. The number of anilines is 1. The van der Waals surface area contributed by atoms with Gasteiger partial charge in [-0.1, -0.05) is 28.9 Å². The van der Waals surface area contributed by atoms with Gasteiger partial charge in [0, 0.05) is 29.6 Å². The van der Waals surface area contributed by atoms with E-state index < -0.39 is 50.2 Å². The summed E-state index contributed by atoms with van der Waals surface area (Å²) >= 11 is 6.29. The van der Waals surface area contributed by atoms with Crippen LogP contribution in [0.15, 0.2) is 64.6 Å². The number of nitrogens with zero attached hydrogens (tertiary/aromatic N) is 1. The molecule has 1 N–H and O–H groups in total. The van der Waals surface area contributed by atoms with Gasteiger partial charge in [0.15, 0.2) is 27.3 Å². The Kier molecular flexibility index (Phi) is 8.99. The standard InChI is InChI=1S/C30H25ClF6N2O4S/c31-23-8-5-20(29(40)39-22-12-24(32)27(34)25(33)13-22)11-26(23)44(41,42)28-18-3-4-19(28)10-17(9-18)14-38-43-15-16-1-6-21(7-2-16)30(35,36)37/h1-2,5-8,11-14,17-19,28H,3-4,9-10,15H2,(H,39,40)/b38-14+/t17?,18-,19?,28?/m1/s1. The van der Waals surface area contributed by atoms with Crippen molar-refractivity contribution in [2.24, 2.45) is 22.9 Å². The molecule has 3 unspecified atom stereocenters. The highest BCUT2D eigenvalue weighted by molar-refractivity contribution is 7.92. The molecule has 0 spiro atoms.